The summed E-state index contributed by atoms with van der Waals surface area (Å²) in [5, 5.41) is 23.2. The molecule has 0 spiro atoms. The van der Waals surface area contributed by atoms with E-state index in [2.05, 4.69) is 19.2 Å². The maximum atomic E-state index is 12.5. The average molecular weight is 945 g/mol. The molecular weight excluding hydrogens is 819 g/mol. The normalized spacial score (nSPS) is 12.7. The Hall–Kier alpha value is -0.870. The van der Waals surface area contributed by atoms with Crippen molar-refractivity contribution in [2.24, 2.45) is 0 Å². The second-order valence-corrected chi connectivity index (χ2v) is 21.8. The molecule has 4 nitrogen and oxygen atoms in total. The molecule has 1 amide bonds. The van der Waals surface area contributed by atoms with Gasteiger partial charge in [-0.1, -0.05) is 353 Å². The third kappa shape index (κ3) is 55.9. The molecule has 2 atom stereocenters. The van der Waals surface area contributed by atoms with Crippen LogP contribution in [0.15, 0.2) is 12.2 Å². The van der Waals surface area contributed by atoms with Crippen LogP contribution in [0.1, 0.15) is 367 Å². The monoisotopic (exact) mass is 944 g/mol. The van der Waals surface area contributed by atoms with Gasteiger partial charge in [0, 0.05) is 6.42 Å². The summed E-state index contributed by atoms with van der Waals surface area (Å²) in [6, 6.07) is -0.619. The van der Waals surface area contributed by atoms with E-state index in [0.717, 1.165) is 25.7 Å². The molecule has 2 unspecified atom stereocenters. The number of hydrogen-bond acceptors (Lipinski definition) is 3. The first-order chi connectivity index (χ1) is 33.2. The van der Waals surface area contributed by atoms with Crippen molar-refractivity contribution >= 4 is 5.91 Å². The molecular formula is C63H125NO3. The van der Waals surface area contributed by atoms with E-state index < -0.39 is 12.1 Å². The maximum Gasteiger partial charge on any atom is 0.220 e. The maximum absolute atomic E-state index is 12.5. The standard InChI is InChI=1S/C63H125NO3/c1-3-5-7-9-11-13-15-17-19-21-23-25-27-29-30-31-32-33-35-37-39-41-43-45-47-49-51-53-55-57-59-63(67)64-61(60-65)62(66)58-56-54-52-50-48-46-44-42-40-38-36-34-28-26-24-22-20-18-16-14-12-10-8-6-4-2/h56,58,61-62,65-66H,3-55,57,59-60H2,1-2H3,(H,64,67)/b58-56+. The SMILES string of the molecule is CCCCCCCCCCCCCCCCCCCCCCCCC/C=C/C(O)C(CO)NC(=O)CCCCCCCCCCCCCCCCCCCCCCCCCCCCCCCC. The van der Waals surface area contributed by atoms with Gasteiger partial charge in [-0.05, 0) is 19.3 Å². The Morgan fingerprint density at radius 3 is 0.776 bits per heavy atom. The van der Waals surface area contributed by atoms with Crippen LogP contribution in [0.2, 0.25) is 0 Å². The summed E-state index contributed by atoms with van der Waals surface area (Å²) in [5.74, 6) is -0.0541. The summed E-state index contributed by atoms with van der Waals surface area (Å²) < 4.78 is 0. The van der Waals surface area contributed by atoms with Crippen molar-refractivity contribution in [2.75, 3.05) is 6.61 Å². The van der Waals surface area contributed by atoms with Gasteiger partial charge in [0.2, 0.25) is 5.91 Å². The second-order valence-electron chi connectivity index (χ2n) is 21.8. The molecule has 400 valence electrons. The summed E-state index contributed by atoms with van der Waals surface area (Å²) in [7, 11) is 0. The molecule has 0 bridgehead atoms. The van der Waals surface area contributed by atoms with E-state index in [0.29, 0.717) is 6.42 Å². The smallest absolute Gasteiger partial charge is 0.220 e. The molecule has 0 aromatic heterocycles. The minimum atomic E-state index is -0.836. The molecule has 0 saturated carbocycles. The van der Waals surface area contributed by atoms with Crippen LogP contribution in [0.4, 0.5) is 0 Å². The minimum absolute atomic E-state index is 0.0541. The zero-order chi connectivity index (χ0) is 48.5. The van der Waals surface area contributed by atoms with Gasteiger partial charge in [0.05, 0.1) is 18.8 Å². The summed E-state index contributed by atoms with van der Waals surface area (Å²) in [6.45, 7) is 4.36. The van der Waals surface area contributed by atoms with E-state index in [4.69, 9.17) is 0 Å². The number of allylic oxidation sites excluding steroid dienone is 1. The Labute approximate surface area is 422 Å². The van der Waals surface area contributed by atoms with Crippen molar-refractivity contribution in [2.45, 2.75) is 379 Å². The third-order valence-electron chi connectivity index (χ3n) is 15.0. The highest BCUT2D eigenvalue weighted by molar-refractivity contribution is 5.76. The lowest BCUT2D eigenvalue weighted by atomic mass is 10.0. The fraction of sp³-hybridized carbons (Fsp3) is 0.952. The third-order valence-corrected chi connectivity index (χ3v) is 15.0. The predicted molar refractivity (Wildman–Crippen MR) is 299 cm³/mol. The molecule has 67 heavy (non-hydrogen) atoms. The van der Waals surface area contributed by atoms with Crippen LogP contribution in [-0.4, -0.2) is 34.9 Å². The lowest BCUT2D eigenvalue weighted by Gasteiger charge is -2.20. The lowest BCUT2D eigenvalue weighted by molar-refractivity contribution is -0.123. The van der Waals surface area contributed by atoms with Gasteiger partial charge in [-0.3, -0.25) is 4.79 Å². The van der Waals surface area contributed by atoms with Gasteiger partial charge >= 0.3 is 0 Å². The molecule has 0 aliphatic carbocycles. The van der Waals surface area contributed by atoms with Gasteiger partial charge in [0.15, 0.2) is 0 Å². The highest BCUT2D eigenvalue weighted by Gasteiger charge is 2.18. The molecule has 0 aromatic carbocycles. The fourth-order valence-corrected chi connectivity index (χ4v) is 10.2. The van der Waals surface area contributed by atoms with Gasteiger partial charge in [-0.25, -0.2) is 0 Å². The number of amides is 1. The molecule has 0 rings (SSSR count). The molecule has 0 heterocycles. The summed E-state index contributed by atoms with van der Waals surface area (Å²) in [4.78, 5) is 12.5. The number of hydrogen-bond donors (Lipinski definition) is 3. The van der Waals surface area contributed by atoms with Crippen molar-refractivity contribution in [3.63, 3.8) is 0 Å². The number of nitrogens with one attached hydrogen (secondary N) is 1. The van der Waals surface area contributed by atoms with E-state index >= 15 is 0 Å². The molecule has 0 aliphatic rings. The number of aliphatic hydroxyl groups excluding tert-OH is 2. The highest BCUT2D eigenvalue weighted by atomic mass is 16.3. The van der Waals surface area contributed by atoms with E-state index in [1.54, 1.807) is 6.08 Å². The Morgan fingerprint density at radius 2 is 0.552 bits per heavy atom. The molecule has 0 aromatic rings. The highest BCUT2D eigenvalue weighted by Crippen LogP contribution is 2.19. The van der Waals surface area contributed by atoms with Crippen molar-refractivity contribution in [1.29, 1.82) is 0 Å². The van der Waals surface area contributed by atoms with Crippen LogP contribution < -0.4 is 5.32 Å². The van der Waals surface area contributed by atoms with E-state index in [-0.39, 0.29) is 12.5 Å². The Morgan fingerprint density at radius 1 is 0.343 bits per heavy atom. The van der Waals surface area contributed by atoms with Gasteiger partial charge in [0.1, 0.15) is 0 Å². The number of aliphatic hydroxyl groups is 2. The predicted octanol–water partition coefficient (Wildman–Crippen LogP) is 20.9. The first-order valence-corrected chi connectivity index (χ1v) is 31.4. The second kappa shape index (κ2) is 59.4. The molecule has 0 fully saturated rings. The number of unbranched alkanes of at least 4 members (excludes halogenated alkanes) is 52. The van der Waals surface area contributed by atoms with Crippen LogP contribution >= 0.6 is 0 Å². The van der Waals surface area contributed by atoms with Gasteiger partial charge in [-0.2, -0.15) is 0 Å². The summed E-state index contributed by atoms with van der Waals surface area (Å²) in [6.07, 6.45) is 78.4. The lowest BCUT2D eigenvalue weighted by Crippen LogP contribution is -2.45. The zero-order valence-electron chi connectivity index (χ0n) is 46.2. The van der Waals surface area contributed by atoms with Crippen molar-refractivity contribution in [3.8, 4) is 0 Å². The quantitative estimate of drug-likeness (QED) is 0.0420. The number of carbonyl (C=O) groups excluding carboxylic acids is 1. The average Bonchev–Trinajstić information content (AvgIpc) is 3.33. The molecule has 0 saturated heterocycles. The van der Waals surface area contributed by atoms with E-state index in [9.17, 15) is 15.0 Å². The van der Waals surface area contributed by atoms with Crippen LogP contribution in [0.3, 0.4) is 0 Å². The Kier molecular flexibility index (Phi) is 58.7. The Balaban J connectivity index is 3.41. The summed E-state index contributed by atoms with van der Waals surface area (Å²) in [5.41, 5.74) is 0. The minimum Gasteiger partial charge on any atom is -0.394 e. The van der Waals surface area contributed by atoms with Crippen LogP contribution in [0.5, 0.6) is 0 Å². The molecule has 0 aliphatic heterocycles. The van der Waals surface area contributed by atoms with Crippen molar-refractivity contribution < 1.29 is 15.0 Å². The zero-order valence-corrected chi connectivity index (χ0v) is 46.2. The molecule has 4 heteroatoms. The van der Waals surface area contributed by atoms with Crippen molar-refractivity contribution in [3.05, 3.63) is 12.2 Å². The van der Waals surface area contributed by atoms with Crippen LogP contribution in [0.25, 0.3) is 0 Å². The van der Waals surface area contributed by atoms with Crippen LogP contribution in [0, 0.1) is 0 Å². The van der Waals surface area contributed by atoms with Gasteiger partial charge in [0.25, 0.3) is 0 Å². The first kappa shape index (κ1) is 66.1. The van der Waals surface area contributed by atoms with E-state index in [1.807, 2.05) is 6.08 Å². The molecule has 0 radical (unpaired) electrons. The topological polar surface area (TPSA) is 69.6 Å². The number of carbonyl (C=O) groups is 1. The van der Waals surface area contributed by atoms with Crippen molar-refractivity contribution in [1.82, 2.24) is 5.32 Å². The molecule has 3 N–H and O–H groups in total. The van der Waals surface area contributed by atoms with Gasteiger partial charge in [-0.15, -0.1) is 0 Å². The summed E-state index contributed by atoms with van der Waals surface area (Å²) >= 11 is 0. The van der Waals surface area contributed by atoms with Crippen LogP contribution in [-0.2, 0) is 4.79 Å². The van der Waals surface area contributed by atoms with E-state index in [1.165, 1.54) is 321 Å². The number of rotatable bonds is 59. The Bertz CT molecular complexity index is 936. The fourth-order valence-electron chi connectivity index (χ4n) is 10.2. The largest absolute Gasteiger partial charge is 0.394 e. The van der Waals surface area contributed by atoms with Gasteiger partial charge < -0.3 is 15.5 Å². The first-order valence-electron chi connectivity index (χ1n) is 31.4.